The van der Waals surface area contributed by atoms with E-state index in [9.17, 15) is 9.59 Å². The second-order valence-corrected chi connectivity index (χ2v) is 8.57. The number of carbonyl (C=O) groups excluding carboxylic acids is 2. The first-order valence-electron chi connectivity index (χ1n) is 11.5. The number of benzene rings is 2. The van der Waals surface area contributed by atoms with Gasteiger partial charge in [0, 0.05) is 23.1 Å². The molecule has 3 heterocycles. The van der Waals surface area contributed by atoms with Crippen molar-refractivity contribution < 1.29 is 14.0 Å². The lowest BCUT2D eigenvalue weighted by molar-refractivity contribution is -0.117. The Kier molecular flexibility index (Phi) is 7.13. The molecule has 5 rings (SSSR count). The van der Waals surface area contributed by atoms with Crippen LogP contribution in [0, 0.1) is 0 Å². The summed E-state index contributed by atoms with van der Waals surface area (Å²) in [5, 5.41) is 25.8. The van der Waals surface area contributed by atoms with Crippen molar-refractivity contribution in [1.29, 1.82) is 0 Å². The maximum Gasteiger partial charge on any atom is 0.249 e. The normalized spacial score (nSPS) is 15.8. The summed E-state index contributed by atoms with van der Waals surface area (Å²) in [5.74, 6) is 0.00308. The summed E-state index contributed by atoms with van der Waals surface area (Å²) in [5.41, 5.74) is 2.49. The van der Waals surface area contributed by atoms with Crippen molar-refractivity contribution in [3.05, 3.63) is 83.5 Å². The summed E-state index contributed by atoms with van der Waals surface area (Å²) in [4.78, 5) is 25.2. The molecule has 2 N–H and O–H groups in total. The zero-order valence-corrected chi connectivity index (χ0v) is 20.2. The molecule has 0 spiro atoms. The number of hydrogen-bond acceptors (Lipinski definition) is 8. The van der Waals surface area contributed by atoms with Gasteiger partial charge in [0.05, 0.1) is 16.9 Å². The Hall–Kier alpha value is -4.64. The van der Waals surface area contributed by atoms with Gasteiger partial charge in [-0.1, -0.05) is 35.9 Å². The van der Waals surface area contributed by atoms with Crippen LogP contribution in [0.2, 0.25) is 5.02 Å². The van der Waals surface area contributed by atoms with Gasteiger partial charge in [-0.25, -0.2) is 0 Å². The molecule has 0 saturated heterocycles. The van der Waals surface area contributed by atoms with E-state index in [4.69, 9.17) is 16.0 Å². The van der Waals surface area contributed by atoms with E-state index in [-0.39, 0.29) is 23.6 Å². The van der Waals surface area contributed by atoms with Gasteiger partial charge in [0.25, 0.3) is 0 Å². The third kappa shape index (κ3) is 5.78. The average molecular weight is 517 g/mol. The number of nitrogens with one attached hydrogen (secondary N) is 2. The zero-order valence-electron chi connectivity index (χ0n) is 19.4. The standard InChI is InChI=1S/C25H21ClN8O3/c26-17-11-12-21(34-15-27-32-33-34)16(14-17)10-13-23(36)29-20-8-2-1-3-9-22(35)28-19-7-5-4-6-18(19)24-30-31-25(20)37-24/h1-2,4-7,10-15,20H,3,8-9H2,(H,28,35)(H,29,36)/b2-1?,13-10-. The van der Waals surface area contributed by atoms with E-state index in [2.05, 4.69) is 36.4 Å². The van der Waals surface area contributed by atoms with E-state index in [1.54, 1.807) is 36.4 Å². The van der Waals surface area contributed by atoms with Crippen LogP contribution in [0.3, 0.4) is 0 Å². The third-order valence-corrected chi connectivity index (χ3v) is 5.80. The van der Waals surface area contributed by atoms with E-state index in [1.807, 2.05) is 24.3 Å². The Morgan fingerprint density at radius 3 is 2.95 bits per heavy atom. The molecule has 37 heavy (non-hydrogen) atoms. The minimum Gasteiger partial charge on any atom is -0.418 e. The molecule has 2 bridgehead atoms. The summed E-state index contributed by atoms with van der Waals surface area (Å²) in [6.45, 7) is 0. The monoisotopic (exact) mass is 516 g/mol. The molecule has 2 aromatic heterocycles. The van der Waals surface area contributed by atoms with Crippen LogP contribution in [0.5, 0.6) is 0 Å². The van der Waals surface area contributed by atoms with Crippen LogP contribution in [0.15, 0.2) is 71.4 Å². The lowest BCUT2D eigenvalue weighted by Gasteiger charge is -2.12. The summed E-state index contributed by atoms with van der Waals surface area (Å²) in [6, 6.07) is 11.8. The highest BCUT2D eigenvalue weighted by Crippen LogP contribution is 2.29. The van der Waals surface area contributed by atoms with Crippen molar-refractivity contribution in [3.8, 4) is 17.1 Å². The number of nitrogens with zero attached hydrogens (tertiary/aromatic N) is 6. The minimum absolute atomic E-state index is 0.117. The number of amides is 2. The molecule has 0 radical (unpaired) electrons. The van der Waals surface area contributed by atoms with Crippen LogP contribution in [0.25, 0.3) is 23.2 Å². The molecule has 0 saturated carbocycles. The molecule has 186 valence electrons. The van der Waals surface area contributed by atoms with Gasteiger partial charge in [0.1, 0.15) is 12.4 Å². The van der Waals surface area contributed by atoms with Gasteiger partial charge >= 0.3 is 0 Å². The number of anilines is 1. The number of hydrogen-bond donors (Lipinski definition) is 2. The number of halogens is 1. The zero-order chi connectivity index (χ0) is 25.6. The molecule has 2 aromatic carbocycles. The van der Waals surface area contributed by atoms with Crippen LogP contribution in [-0.2, 0) is 9.59 Å². The first kappa shape index (κ1) is 24.1. The number of fused-ring (bicyclic) bond motifs is 4. The van der Waals surface area contributed by atoms with E-state index in [0.29, 0.717) is 46.8 Å². The lowest BCUT2D eigenvalue weighted by Crippen LogP contribution is -2.26. The quantitative estimate of drug-likeness (QED) is 0.307. The van der Waals surface area contributed by atoms with Crippen LogP contribution in [-0.4, -0.2) is 42.2 Å². The van der Waals surface area contributed by atoms with Gasteiger partial charge in [-0.15, -0.1) is 15.3 Å². The molecular formula is C25H21ClN8O3. The first-order valence-corrected chi connectivity index (χ1v) is 11.8. The molecule has 4 aromatic rings. The summed E-state index contributed by atoms with van der Waals surface area (Å²) in [7, 11) is 0. The van der Waals surface area contributed by atoms with Crippen molar-refractivity contribution >= 4 is 35.2 Å². The van der Waals surface area contributed by atoms with E-state index in [0.717, 1.165) is 0 Å². The average Bonchev–Trinajstić information content (AvgIpc) is 3.60. The van der Waals surface area contributed by atoms with E-state index in [1.165, 1.54) is 17.1 Å². The predicted octanol–water partition coefficient (Wildman–Crippen LogP) is 3.92. The van der Waals surface area contributed by atoms with Gasteiger partial charge in [-0.05, 0) is 59.7 Å². The Bertz CT molecular complexity index is 1480. The molecule has 0 fully saturated rings. The Morgan fingerprint density at radius 1 is 1.19 bits per heavy atom. The summed E-state index contributed by atoms with van der Waals surface area (Å²) in [6.07, 6.45) is 9.51. The second kappa shape index (κ2) is 11.0. The number of carbonyl (C=O) groups is 2. The molecule has 1 atom stereocenters. The highest BCUT2D eigenvalue weighted by Gasteiger charge is 2.22. The summed E-state index contributed by atoms with van der Waals surface area (Å²) >= 11 is 6.16. The maximum atomic E-state index is 12.9. The molecule has 0 aliphatic carbocycles. The summed E-state index contributed by atoms with van der Waals surface area (Å²) < 4.78 is 7.41. The third-order valence-electron chi connectivity index (χ3n) is 5.56. The van der Waals surface area contributed by atoms with Crippen molar-refractivity contribution in [3.63, 3.8) is 0 Å². The smallest absolute Gasteiger partial charge is 0.249 e. The fraction of sp³-hybridized carbons (Fsp3) is 0.160. The largest absolute Gasteiger partial charge is 0.418 e. The van der Waals surface area contributed by atoms with Crippen LogP contribution in [0.4, 0.5) is 5.69 Å². The van der Waals surface area contributed by atoms with E-state index >= 15 is 0 Å². The molecule has 2 amide bonds. The van der Waals surface area contributed by atoms with Gasteiger partial charge in [0.2, 0.25) is 23.6 Å². The SMILES string of the molecule is O=C(/C=C\c1cc(Cl)ccc1-n1cnnn1)NC1CC=CCCC(=O)Nc2ccccc2-c2nnc1o2. The lowest BCUT2D eigenvalue weighted by atomic mass is 10.1. The topological polar surface area (TPSA) is 141 Å². The van der Waals surface area contributed by atoms with Crippen molar-refractivity contribution in [2.45, 2.75) is 25.3 Å². The maximum absolute atomic E-state index is 12.9. The second-order valence-electron chi connectivity index (χ2n) is 8.14. The van der Waals surface area contributed by atoms with Gasteiger partial charge in [-0.3, -0.25) is 9.59 Å². The van der Waals surface area contributed by atoms with Crippen LogP contribution in [0.1, 0.15) is 36.8 Å². The Morgan fingerprint density at radius 2 is 2.08 bits per heavy atom. The molecule has 1 unspecified atom stereocenters. The van der Waals surface area contributed by atoms with Crippen molar-refractivity contribution in [1.82, 2.24) is 35.7 Å². The predicted molar refractivity (Wildman–Crippen MR) is 135 cm³/mol. The molecule has 12 heteroatoms. The van der Waals surface area contributed by atoms with Crippen molar-refractivity contribution in [2.24, 2.45) is 0 Å². The number of aromatic nitrogens is 6. The molecule has 1 aliphatic heterocycles. The number of allylic oxidation sites excluding steroid dienone is 1. The Balaban J connectivity index is 1.39. The first-order chi connectivity index (χ1) is 18.1. The minimum atomic E-state index is -0.579. The highest BCUT2D eigenvalue weighted by atomic mass is 35.5. The molecular weight excluding hydrogens is 496 g/mol. The number of rotatable bonds is 4. The fourth-order valence-electron chi connectivity index (χ4n) is 3.79. The fourth-order valence-corrected chi connectivity index (χ4v) is 3.97. The van der Waals surface area contributed by atoms with Crippen LogP contribution < -0.4 is 10.6 Å². The highest BCUT2D eigenvalue weighted by molar-refractivity contribution is 6.30. The van der Waals surface area contributed by atoms with Gasteiger partial charge < -0.3 is 15.1 Å². The Labute approximate surface area is 216 Å². The van der Waals surface area contributed by atoms with E-state index < -0.39 is 6.04 Å². The van der Waals surface area contributed by atoms with Gasteiger partial charge in [-0.2, -0.15) is 4.68 Å². The molecule has 11 nitrogen and oxygen atoms in total. The van der Waals surface area contributed by atoms with Crippen molar-refractivity contribution in [2.75, 3.05) is 5.32 Å². The number of tetrazole rings is 1. The van der Waals surface area contributed by atoms with Gasteiger partial charge in [0.15, 0.2) is 0 Å². The molecule has 1 aliphatic rings. The van der Waals surface area contributed by atoms with Crippen LogP contribution >= 0.6 is 11.6 Å². The number of para-hydroxylation sites is 1.